The lowest BCUT2D eigenvalue weighted by atomic mass is 9.95. The van der Waals surface area contributed by atoms with Crippen LogP contribution in [-0.4, -0.2) is 0 Å². The van der Waals surface area contributed by atoms with Crippen molar-refractivity contribution in [2.45, 2.75) is 13.8 Å². The fourth-order valence-corrected chi connectivity index (χ4v) is 3.04. The maximum absolute atomic E-state index is 6.01. The quantitative estimate of drug-likeness (QED) is 0.422. The summed E-state index contributed by atoms with van der Waals surface area (Å²) in [5.74, 6) is 0. The van der Waals surface area contributed by atoms with E-state index in [1.807, 2.05) is 12.1 Å². The fraction of sp³-hybridized carbons (Fsp3) is 0.100. The molecule has 0 bridgehead atoms. The van der Waals surface area contributed by atoms with Crippen molar-refractivity contribution in [2.24, 2.45) is 0 Å². The number of hydrogen-bond acceptors (Lipinski definition) is 1. The molecule has 0 amide bonds. The number of hydrogen-bond donors (Lipinski definition) is 0. The number of rotatable bonds is 1. The second-order valence-electron chi connectivity index (χ2n) is 5.58. The zero-order chi connectivity index (χ0) is 14.4. The first-order chi connectivity index (χ1) is 10.2. The minimum Gasteiger partial charge on any atom is -0.456 e. The number of fused-ring (bicyclic) bond motifs is 3. The van der Waals surface area contributed by atoms with Crippen LogP contribution in [0.15, 0.2) is 65.1 Å². The molecule has 1 nitrogen and oxygen atoms in total. The topological polar surface area (TPSA) is 13.1 Å². The Hall–Kier alpha value is -2.54. The van der Waals surface area contributed by atoms with Crippen molar-refractivity contribution in [3.63, 3.8) is 0 Å². The third kappa shape index (κ3) is 1.85. The van der Waals surface area contributed by atoms with E-state index in [4.69, 9.17) is 4.42 Å². The van der Waals surface area contributed by atoms with Gasteiger partial charge in [0, 0.05) is 10.8 Å². The Balaban J connectivity index is 2.06. The summed E-state index contributed by atoms with van der Waals surface area (Å²) >= 11 is 0. The number of para-hydroxylation sites is 1. The van der Waals surface area contributed by atoms with Crippen LogP contribution in [0.2, 0.25) is 0 Å². The first-order valence-corrected chi connectivity index (χ1v) is 7.22. The zero-order valence-electron chi connectivity index (χ0n) is 12.2. The molecule has 0 aliphatic heterocycles. The molecule has 0 spiro atoms. The maximum atomic E-state index is 6.01. The summed E-state index contributed by atoms with van der Waals surface area (Å²) in [6, 6.07) is 21.1. The van der Waals surface area contributed by atoms with Crippen LogP contribution in [0, 0.1) is 13.8 Å². The van der Waals surface area contributed by atoms with E-state index >= 15 is 0 Å². The van der Waals surface area contributed by atoms with Crippen LogP contribution in [0.25, 0.3) is 33.1 Å². The van der Waals surface area contributed by atoms with Gasteiger partial charge in [0.25, 0.3) is 0 Å². The summed E-state index contributed by atoms with van der Waals surface area (Å²) in [5, 5.41) is 2.38. The summed E-state index contributed by atoms with van der Waals surface area (Å²) in [6.07, 6.45) is 0. The third-order valence-corrected chi connectivity index (χ3v) is 4.16. The van der Waals surface area contributed by atoms with E-state index in [0.29, 0.717) is 0 Å². The van der Waals surface area contributed by atoms with Gasteiger partial charge in [-0.05, 0) is 54.3 Å². The van der Waals surface area contributed by atoms with Gasteiger partial charge in [0.05, 0.1) is 0 Å². The molecular weight excluding hydrogens is 256 g/mol. The van der Waals surface area contributed by atoms with Gasteiger partial charge >= 0.3 is 0 Å². The van der Waals surface area contributed by atoms with Gasteiger partial charge in [0.2, 0.25) is 0 Å². The molecule has 0 saturated carbocycles. The molecule has 1 aromatic heterocycles. The molecule has 0 atom stereocenters. The van der Waals surface area contributed by atoms with Gasteiger partial charge in [-0.15, -0.1) is 0 Å². The average molecular weight is 272 g/mol. The smallest absolute Gasteiger partial charge is 0.136 e. The van der Waals surface area contributed by atoms with Crippen molar-refractivity contribution in [1.29, 1.82) is 0 Å². The van der Waals surface area contributed by atoms with Crippen molar-refractivity contribution in [3.05, 3.63) is 71.8 Å². The standard InChI is InChI=1S/C20H16O/c1-13-7-3-4-8-15(13)17-12-20-18(11-14(17)2)16-9-5-6-10-19(16)21-20/h3-12H,1-2H3. The molecule has 0 saturated heterocycles. The molecule has 1 heteroatoms. The Kier molecular flexibility index (Phi) is 2.61. The van der Waals surface area contributed by atoms with Crippen LogP contribution < -0.4 is 0 Å². The van der Waals surface area contributed by atoms with E-state index in [9.17, 15) is 0 Å². The van der Waals surface area contributed by atoms with E-state index in [0.717, 1.165) is 11.2 Å². The Morgan fingerprint density at radius 3 is 2.24 bits per heavy atom. The Morgan fingerprint density at radius 2 is 1.38 bits per heavy atom. The predicted octanol–water partition coefficient (Wildman–Crippen LogP) is 5.87. The maximum Gasteiger partial charge on any atom is 0.136 e. The zero-order valence-corrected chi connectivity index (χ0v) is 12.2. The van der Waals surface area contributed by atoms with E-state index < -0.39 is 0 Å². The molecule has 102 valence electrons. The summed E-state index contributed by atoms with van der Waals surface area (Å²) in [7, 11) is 0. The molecule has 4 rings (SSSR count). The number of furan rings is 1. The first kappa shape index (κ1) is 12.2. The van der Waals surface area contributed by atoms with Crippen molar-refractivity contribution < 1.29 is 4.42 Å². The van der Waals surface area contributed by atoms with Crippen molar-refractivity contribution in [3.8, 4) is 11.1 Å². The van der Waals surface area contributed by atoms with Gasteiger partial charge in [0.15, 0.2) is 0 Å². The summed E-state index contributed by atoms with van der Waals surface area (Å²) < 4.78 is 6.01. The minimum atomic E-state index is 0.953. The second-order valence-corrected chi connectivity index (χ2v) is 5.58. The molecule has 0 aliphatic carbocycles. The molecule has 0 fully saturated rings. The van der Waals surface area contributed by atoms with Crippen LogP contribution in [-0.2, 0) is 0 Å². The highest BCUT2D eigenvalue weighted by Gasteiger charge is 2.11. The summed E-state index contributed by atoms with van der Waals surface area (Å²) in [4.78, 5) is 0. The minimum absolute atomic E-state index is 0.953. The lowest BCUT2D eigenvalue weighted by Gasteiger charge is -2.09. The molecule has 21 heavy (non-hydrogen) atoms. The molecule has 1 heterocycles. The molecule has 0 N–H and O–H groups in total. The SMILES string of the molecule is Cc1ccccc1-c1cc2oc3ccccc3c2cc1C. The average Bonchev–Trinajstić information content (AvgIpc) is 2.85. The lowest BCUT2D eigenvalue weighted by Crippen LogP contribution is -1.86. The van der Waals surface area contributed by atoms with Crippen molar-refractivity contribution in [2.75, 3.05) is 0 Å². The van der Waals surface area contributed by atoms with Crippen LogP contribution in [0.3, 0.4) is 0 Å². The van der Waals surface area contributed by atoms with Gasteiger partial charge in [-0.3, -0.25) is 0 Å². The highest BCUT2D eigenvalue weighted by Crippen LogP contribution is 2.35. The Labute approximate surface area is 123 Å². The normalized spacial score (nSPS) is 11.3. The van der Waals surface area contributed by atoms with Gasteiger partial charge in [-0.1, -0.05) is 42.5 Å². The van der Waals surface area contributed by atoms with Gasteiger partial charge < -0.3 is 4.42 Å². The van der Waals surface area contributed by atoms with Crippen molar-refractivity contribution in [1.82, 2.24) is 0 Å². The molecule has 0 unspecified atom stereocenters. The molecule has 4 aromatic rings. The Bertz CT molecular complexity index is 960. The van der Waals surface area contributed by atoms with Crippen LogP contribution in [0.1, 0.15) is 11.1 Å². The van der Waals surface area contributed by atoms with Crippen LogP contribution in [0.4, 0.5) is 0 Å². The fourth-order valence-electron chi connectivity index (χ4n) is 3.04. The van der Waals surface area contributed by atoms with Gasteiger partial charge in [-0.25, -0.2) is 0 Å². The number of benzene rings is 3. The summed E-state index contributed by atoms with van der Waals surface area (Å²) in [6.45, 7) is 4.32. The van der Waals surface area contributed by atoms with Crippen LogP contribution in [0.5, 0.6) is 0 Å². The number of aryl methyl sites for hydroxylation is 2. The second kappa shape index (κ2) is 4.49. The highest BCUT2D eigenvalue weighted by molar-refractivity contribution is 6.06. The van der Waals surface area contributed by atoms with E-state index in [-0.39, 0.29) is 0 Å². The van der Waals surface area contributed by atoms with Crippen LogP contribution >= 0.6 is 0 Å². The molecule has 0 aliphatic rings. The van der Waals surface area contributed by atoms with E-state index in [1.54, 1.807) is 0 Å². The monoisotopic (exact) mass is 272 g/mol. The van der Waals surface area contributed by atoms with Crippen molar-refractivity contribution >= 4 is 21.9 Å². The van der Waals surface area contributed by atoms with Gasteiger partial charge in [-0.2, -0.15) is 0 Å². The highest BCUT2D eigenvalue weighted by atomic mass is 16.3. The third-order valence-electron chi connectivity index (χ3n) is 4.16. The van der Waals surface area contributed by atoms with E-state index in [1.165, 1.54) is 33.0 Å². The lowest BCUT2D eigenvalue weighted by molar-refractivity contribution is 0.669. The Morgan fingerprint density at radius 1 is 0.619 bits per heavy atom. The molecule has 3 aromatic carbocycles. The molecular formula is C20H16O. The largest absolute Gasteiger partial charge is 0.456 e. The van der Waals surface area contributed by atoms with E-state index in [2.05, 4.69) is 62.4 Å². The summed E-state index contributed by atoms with van der Waals surface area (Å²) in [5.41, 5.74) is 7.00. The first-order valence-electron chi connectivity index (χ1n) is 7.22. The predicted molar refractivity (Wildman–Crippen MR) is 88.6 cm³/mol. The molecule has 0 radical (unpaired) electrons. The van der Waals surface area contributed by atoms with Gasteiger partial charge in [0.1, 0.15) is 11.2 Å².